The van der Waals surface area contributed by atoms with Gasteiger partial charge in [0.25, 0.3) is 0 Å². The first-order chi connectivity index (χ1) is 9.22. The Balaban J connectivity index is 2.24. The van der Waals surface area contributed by atoms with Gasteiger partial charge < -0.3 is 5.32 Å². The van der Waals surface area contributed by atoms with Gasteiger partial charge in [-0.05, 0) is 49.1 Å². The Bertz CT molecular complexity index is 400. The predicted molar refractivity (Wildman–Crippen MR) is 86.8 cm³/mol. The Labute approximate surface area is 130 Å². The molecular weight excluding hydrogens is 322 g/mol. The molecule has 1 unspecified atom stereocenters. The van der Waals surface area contributed by atoms with Crippen molar-refractivity contribution in [2.24, 2.45) is 5.92 Å². The van der Waals surface area contributed by atoms with Crippen LogP contribution >= 0.6 is 27.5 Å². The normalized spacial score (nSPS) is 19.1. The van der Waals surface area contributed by atoms with Crippen LogP contribution in [0.4, 0.5) is 0 Å². The van der Waals surface area contributed by atoms with Gasteiger partial charge in [-0.1, -0.05) is 60.1 Å². The summed E-state index contributed by atoms with van der Waals surface area (Å²) >= 11 is 9.87. The maximum Gasteiger partial charge on any atom is 0.0410 e. The summed E-state index contributed by atoms with van der Waals surface area (Å²) < 4.78 is 1.17. The summed E-state index contributed by atoms with van der Waals surface area (Å²) in [5.41, 5.74) is 1.32. The van der Waals surface area contributed by atoms with Gasteiger partial charge >= 0.3 is 0 Å². The first-order valence-corrected chi connectivity index (χ1v) is 8.57. The molecule has 2 rings (SSSR count). The summed E-state index contributed by atoms with van der Waals surface area (Å²) in [6.45, 7) is 3.18. The fourth-order valence-electron chi connectivity index (χ4n) is 3.15. The standard InChI is InChI=1S/C16H23BrClN/c1-2-19-16(12-7-5-3-4-6-8-12)14-11-13(18)9-10-15(14)17/h9-12,16,19H,2-8H2,1H3. The van der Waals surface area contributed by atoms with Crippen molar-refractivity contribution in [3.8, 4) is 0 Å². The molecule has 1 aromatic rings. The van der Waals surface area contributed by atoms with E-state index in [-0.39, 0.29) is 0 Å². The second kappa shape index (κ2) is 7.66. The number of nitrogens with one attached hydrogen (secondary N) is 1. The number of hydrogen-bond acceptors (Lipinski definition) is 1. The van der Waals surface area contributed by atoms with Crippen LogP contribution in [-0.4, -0.2) is 6.54 Å². The van der Waals surface area contributed by atoms with E-state index in [1.54, 1.807) is 0 Å². The average molecular weight is 345 g/mol. The minimum atomic E-state index is 0.427. The van der Waals surface area contributed by atoms with Crippen LogP contribution in [0.15, 0.2) is 22.7 Å². The fourth-order valence-corrected chi connectivity index (χ4v) is 3.82. The predicted octanol–water partition coefficient (Wildman–Crippen LogP) is 5.72. The van der Waals surface area contributed by atoms with E-state index in [9.17, 15) is 0 Å². The smallest absolute Gasteiger partial charge is 0.0410 e. The van der Waals surface area contributed by atoms with Crippen molar-refractivity contribution in [2.75, 3.05) is 6.54 Å². The van der Waals surface area contributed by atoms with Gasteiger partial charge in [0, 0.05) is 15.5 Å². The second-order valence-electron chi connectivity index (χ2n) is 5.45. The molecule has 1 aliphatic rings. The van der Waals surface area contributed by atoms with E-state index in [0.717, 1.165) is 17.5 Å². The van der Waals surface area contributed by atoms with Gasteiger partial charge in [0.05, 0.1) is 0 Å². The third-order valence-electron chi connectivity index (χ3n) is 4.09. The minimum Gasteiger partial charge on any atom is -0.310 e. The zero-order valence-corrected chi connectivity index (χ0v) is 13.9. The largest absolute Gasteiger partial charge is 0.310 e. The quantitative estimate of drug-likeness (QED) is 0.688. The second-order valence-corrected chi connectivity index (χ2v) is 6.74. The molecule has 19 heavy (non-hydrogen) atoms. The van der Waals surface area contributed by atoms with Gasteiger partial charge in [-0.2, -0.15) is 0 Å². The summed E-state index contributed by atoms with van der Waals surface area (Å²) in [6.07, 6.45) is 8.18. The lowest BCUT2D eigenvalue weighted by molar-refractivity contribution is 0.329. The first kappa shape index (κ1) is 15.3. The van der Waals surface area contributed by atoms with Crippen LogP contribution < -0.4 is 5.32 Å². The summed E-state index contributed by atoms with van der Waals surface area (Å²) in [5, 5.41) is 4.50. The van der Waals surface area contributed by atoms with Crippen molar-refractivity contribution in [3.05, 3.63) is 33.3 Å². The molecule has 0 saturated heterocycles. The van der Waals surface area contributed by atoms with Gasteiger partial charge in [-0.15, -0.1) is 0 Å². The maximum absolute atomic E-state index is 6.18. The highest BCUT2D eigenvalue weighted by Crippen LogP contribution is 2.37. The lowest BCUT2D eigenvalue weighted by Crippen LogP contribution is -2.28. The number of hydrogen-bond donors (Lipinski definition) is 1. The molecule has 0 heterocycles. The third kappa shape index (κ3) is 4.21. The average Bonchev–Trinajstić information content (AvgIpc) is 2.68. The molecular formula is C16H23BrClN. The molecule has 106 valence electrons. The van der Waals surface area contributed by atoms with Crippen LogP contribution in [0.2, 0.25) is 5.02 Å². The van der Waals surface area contributed by atoms with Crippen LogP contribution in [-0.2, 0) is 0 Å². The van der Waals surface area contributed by atoms with Gasteiger partial charge in [-0.3, -0.25) is 0 Å². The van der Waals surface area contributed by atoms with Crippen molar-refractivity contribution in [3.63, 3.8) is 0 Å². The SMILES string of the molecule is CCNC(c1cc(Cl)ccc1Br)C1CCCCCC1. The topological polar surface area (TPSA) is 12.0 Å². The molecule has 0 bridgehead atoms. The fraction of sp³-hybridized carbons (Fsp3) is 0.625. The molecule has 1 nitrogen and oxygen atoms in total. The van der Waals surface area contributed by atoms with E-state index in [0.29, 0.717) is 6.04 Å². The summed E-state index contributed by atoms with van der Waals surface area (Å²) in [5.74, 6) is 0.734. The molecule has 0 spiro atoms. The van der Waals surface area contributed by atoms with Crippen molar-refractivity contribution in [2.45, 2.75) is 51.5 Å². The lowest BCUT2D eigenvalue weighted by Gasteiger charge is -2.28. The number of rotatable bonds is 4. The Morgan fingerprint density at radius 3 is 2.58 bits per heavy atom. The van der Waals surface area contributed by atoms with E-state index in [4.69, 9.17) is 11.6 Å². The molecule has 3 heteroatoms. The monoisotopic (exact) mass is 343 g/mol. The van der Waals surface area contributed by atoms with Crippen LogP contribution in [0.5, 0.6) is 0 Å². The van der Waals surface area contributed by atoms with E-state index in [1.165, 1.54) is 48.6 Å². The summed E-state index contributed by atoms with van der Waals surface area (Å²) in [4.78, 5) is 0. The highest BCUT2D eigenvalue weighted by Gasteiger charge is 2.25. The van der Waals surface area contributed by atoms with E-state index >= 15 is 0 Å². The first-order valence-electron chi connectivity index (χ1n) is 7.40. The van der Waals surface area contributed by atoms with Gasteiger partial charge in [0.15, 0.2) is 0 Å². The van der Waals surface area contributed by atoms with Crippen molar-refractivity contribution >= 4 is 27.5 Å². The highest BCUT2D eigenvalue weighted by atomic mass is 79.9. The molecule has 1 N–H and O–H groups in total. The molecule has 1 saturated carbocycles. The molecule has 0 radical (unpaired) electrons. The Morgan fingerprint density at radius 1 is 1.26 bits per heavy atom. The van der Waals surface area contributed by atoms with Crippen LogP contribution in [0.3, 0.4) is 0 Å². The maximum atomic E-state index is 6.18. The Hall–Kier alpha value is -0.0500. The zero-order valence-electron chi connectivity index (χ0n) is 11.6. The van der Waals surface area contributed by atoms with Crippen LogP contribution in [0.25, 0.3) is 0 Å². The Kier molecular flexibility index (Phi) is 6.18. The van der Waals surface area contributed by atoms with Crippen LogP contribution in [0.1, 0.15) is 57.1 Å². The molecule has 0 aliphatic heterocycles. The molecule has 0 amide bonds. The van der Waals surface area contributed by atoms with Crippen molar-refractivity contribution in [1.82, 2.24) is 5.32 Å². The van der Waals surface area contributed by atoms with E-state index in [1.807, 2.05) is 6.07 Å². The molecule has 1 fully saturated rings. The van der Waals surface area contributed by atoms with Crippen LogP contribution in [0, 0.1) is 5.92 Å². The van der Waals surface area contributed by atoms with E-state index < -0.39 is 0 Å². The minimum absolute atomic E-state index is 0.427. The van der Waals surface area contributed by atoms with Gasteiger partial charge in [-0.25, -0.2) is 0 Å². The summed E-state index contributed by atoms with van der Waals surface area (Å²) in [7, 11) is 0. The third-order valence-corrected chi connectivity index (χ3v) is 5.05. The summed E-state index contributed by atoms with van der Waals surface area (Å²) in [6, 6.07) is 6.56. The van der Waals surface area contributed by atoms with E-state index in [2.05, 4.69) is 40.3 Å². The zero-order chi connectivity index (χ0) is 13.7. The number of benzene rings is 1. The van der Waals surface area contributed by atoms with Crippen molar-refractivity contribution in [1.29, 1.82) is 0 Å². The highest BCUT2D eigenvalue weighted by molar-refractivity contribution is 9.10. The molecule has 1 aromatic carbocycles. The molecule has 0 aromatic heterocycles. The molecule has 1 aliphatic carbocycles. The molecule has 1 atom stereocenters. The van der Waals surface area contributed by atoms with Gasteiger partial charge in [0.1, 0.15) is 0 Å². The van der Waals surface area contributed by atoms with Gasteiger partial charge in [0.2, 0.25) is 0 Å². The van der Waals surface area contributed by atoms with Crippen molar-refractivity contribution < 1.29 is 0 Å². The Morgan fingerprint density at radius 2 is 1.95 bits per heavy atom. The lowest BCUT2D eigenvalue weighted by atomic mass is 9.87. The number of halogens is 2.